The van der Waals surface area contributed by atoms with Crippen LogP contribution >= 0.6 is 0 Å². The zero-order chi connectivity index (χ0) is 18.1. The molecule has 0 spiro atoms. The molecule has 3 heteroatoms. The number of rotatable bonds is 1. The Morgan fingerprint density at radius 1 is 0.731 bits per heavy atom. The van der Waals surface area contributed by atoms with Gasteiger partial charge in [0.15, 0.2) is 0 Å². The lowest BCUT2D eigenvalue weighted by Crippen LogP contribution is -2.32. The molecule has 5 rings (SSSR count). The summed E-state index contributed by atoms with van der Waals surface area (Å²) in [5.41, 5.74) is 5.31. The Labute approximate surface area is 152 Å². The Kier molecular flexibility index (Phi) is 3.12. The zero-order valence-corrected chi connectivity index (χ0v) is 14.8. The van der Waals surface area contributed by atoms with E-state index in [9.17, 15) is 10.0 Å². The summed E-state index contributed by atoms with van der Waals surface area (Å²) in [5, 5.41) is 24.4. The van der Waals surface area contributed by atoms with Crippen LogP contribution in [0.25, 0.3) is 32.7 Å². The minimum Gasteiger partial charge on any atom is -0.423 e. The molecule has 0 heterocycles. The lowest BCUT2D eigenvalue weighted by Gasteiger charge is -2.23. The van der Waals surface area contributed by atoms with Crippen molar-refractivity contribution in [2.24, 2.45) is 0 Å². The van der Waals surface area contributed by atoms with Crippen molar-refractivity contribution in [1.29, 1.82) is 0 Å². The molecular weight excluding hydrogens is 319 g/mol. The van der Waals surface area contributed by atoms with Crippen molar-refractivity contribution in [2.75, 3.05) is 0 Å². The van der Waals surface area contributed by atoms with Gasteiger partial charge in [-0.3, -0.25) is 0 Å². The van der Waals surface area contributed by atoms with E-state index in [1.807, 2.05) is 18.2 Å². The van der Waals surface area contributed by atoms with Gasteiger partial charge in [-0.15, -0.1) is 0 Å². The van der Waals surface area contributed by atoms with Crippen LogP contribution in [0.15, 0.2) is 66.7 Å². The van der Waals surface area contributed by atoms with Gasteiger partial charge < -0.3 is 10.0 Å². The molecule has 26 heavy (non-hydrogen) atoms. The lowest BCUT2D eigenvalue weighted by atomic mass is 9.72. The van der Waals surface area contributed by atoms with Crippen molar-refractivity contribution in [2.45, 2.75) is 19.3 Å². The van der Waals surface area contributed by atoms with E-state index >= 15 is 0 Å². The maximum Gasteiger partial charge on any atom is 0.489 e. The van der Waals surface area contributed by atoms with E-state index in [-0.39, 0.29) is 5.41 Å². The minimum atomic E-state index is -1.50. The second-order valence-corrected chi connectivity index (χ2v) is 7.68. The maximum absolute atomic E-state index is 10.1. The summed E-state index contributed by atoms with van der Waals surface area (Å²) in [4.78, 5) is 0. The monoisotopic (exact) mass is 338 g/mol. The first kappa shape index (κ1) is 15.6. The molecule has 4 aromatic carbocycles. The number of hydrogen-bond acceptors (Lipinski definition) is 2. The predicted octanol–water partition coefficient (Wildman–Crippen LogP) is 3.98. The van der Waals surface area contributed by atoms with Crippen LogP contribution in [-0.4, -0.2) is 17.2 Å². The van der Waals surface area contributed by atoms with E-state index in [2.05, 4.69) is 62.4 Å². The maximum atomic E-state index is 10.1. The van der Waals surface area contributed by atoms with Gasteiger partial charge in [0.1, 0.15) is 0 Å². The molecular formula is C23H19BO2. The SMILES string of the molecule is CC1(C)c2ccccc2-c2c1cc(B(O)O)c1cc3ccccc3cc21. The van der Waals surface area contributed by atoms with E-state index in [4.69, 9.17) is 0 Å². The topological polar surface area (TPSA) is 40.5 Å². The van der Waals surface area contributed by atoms with Gasteiger partial charge in [-0.25, -0.2) is 0 Å². The van der Waals surface area contributed by atoms with Crippen molar-refractivity contribution in [3.05, 3.63) is 77.9 Å². The average molecular weight is 338 g/mol. The lowest BCUT2D eigenvalue weighted by molar-refractivity contribution is 0.426. The fourth-order valence-electron chi connectivity index (χ4n) is 4.52. The first-order valence-electron chi connectivity index (χ1n) is 8.94. The number of benzene rings is 4. The minimum absolute atomic E-state index is 0.171. The van der Waals surface area contributed by atoms with Crippen LogP contribution in [0.1, 0.15) is 25.0 Å². The fraction of sp³-hybridized carbons (Fsp3) is 0.130. The summed E-state index contributed by atoms with van der Waals surface area (Å²) in [6.45, 7) is 4.41. The van der Waals surface area contributed by atoms with Gasteiger partial charge in [-0.05, 0) is 61.4 Å². The fourth-order valence-corrected chi connectivity index (χ4v) is 4.52. The molecule has 1 aliphatic rings. The molecule has 0 amide bonds. The Hall–Kier alpha value is -2.62. The molecule has 0 aliphatic heterocycles. The summed E-state index contributed by atoms with van der Waals surface area (Å²) < 4.78 is 0. The summed E-state index contributed by atoms with van der Waals surface area (Å²) in [6, 6.07) is 23.0. The van der Waals surface area contributed by atoms with Gasteiger partial charge in [-0.2, -0.15) is 0 Å². The van der Waals surface area contributed by atoms with Crippen LogP contribution in [-0.2, 0) is 5.41 Å². The first-order valence-corrected chi connectivity index (χ1v) is 8.94. The Balaban J connectivity index is 2.02. The van der Waals surface area contributed by atoms with Crippen LogP contribution in [0.4, 0.5) is 0 Å². The van der Waals surface area contributed by atoms with Gasteiger partial charge in [0, 0.05) is 5.41 Å². The van der Waals surface area contributed by atoms with Gasteiger partial charge in [-0.1, -0.05) is 68.4 Å². The smallest absolute Gasteiger partial charge is 0.423 e. The van der Waals surface area contributed by atoms with Crippen LogP contribution in [0, 0.1) is 0 Å². The molecule has 126 valence electrons. The van der Waals surface area contributed by atoms with Crippen LogP contribution < -0.4 is 5.46 Å². The molecule has 0 unspecified atom stereocenters. The van der Waals surface area contributed by atoms with E-state index < -0.39 is 7.12 Å². The summed E-state index contributed by atoms with van der Waals surface area (Å²) in [5.74, 6) is 0. The van der Waals surface area contributed by atoms with E-state index in [1.54, 1.807) is 0 Å². The molecule has 0 radical (unpaired) electrons. The zero-order valence-electron chi connectivity index (χ0n) is 14.8. The van der Waals surface area contributed by atoms with Crippen molar-refractivity contribution in [3.63, 3.8) is 0 Å². The van der Waals surface area contributed by atoms with Crippen molar-refractivity contribution >= 4 is 34.1 Å². The quantitative estimate of drug-likeness (QED) is 0.407. The molecule has 2 N–H and O–H groups in total. The Morgan fingerprint density at radius 3 is 2.04 bits per heavy atom. The molecule has 0 bridgehead atoms. The highest BCUT2D eigenvalue weighted by molar-refractivity contribution is 6.62. The van der Waals surface area contributed by atoms with E-state index in [0.717, 1.165) is 27.1 Å². The van der Waals surface area contributed by atoms with E-state index in [1.165, 1.54) is 16.7 Å². The van der Waals surface area contributed by atoms with Crippen molar-refractivity contribution in [1.82, 2.24) is 0 Å². The predicted molar refractivity (Wildman–Crippen MR) is 109 cm³/mol. The van der Waals surface area contributed by atoms with Gasteiger partial charge >= 0.3 is 7.12 Å². The Bertz CT molecular complexity index is 1190. The molecule has 2 nitrogen and oxygen atoms in total. The molecule has 4 aromatic rings. The number of hydrogen-bond donors (Lipinski definition) is 2. The van der Waals surface area contributed by atoms with Crippen molar-refractivity contribution in [3.8, 4) is 11.1 Å². The number of fused-ring (bicyclic) bond motifs is 6. The van der Waals surface area contributed by atoms with Gasteiger partial charge in [0.05, 0.1) is 0 Å². The van der Waals surface area contributed by atoms with Crippen LogP contribution in [0.2, 0.25) is 0 Å². The third kappa shape index (κ3) is 1.96. The summed E-state index contributed by atoms with van der Waals surface area (Å²) >= 11 is 0. The first-order chi connectivity index (χ1) is 12.5. The van der Waals surface area contributed by atoms with Crippen LogP contribution in [0.5, 0.6) is 0 Å². The third-order valence-electron chi connectivity index (χ3n) is 5.86. The second kappa shape index (κ2) is 5.20. The molecule has 0 fully saturated rings. The van der Waals surface area contributed by atoms with Crippen LogP contribution in [0.3, 0.4) is 0 Å². The summed E-state index contributed by atoms with van der Waals surface area (Å²) in [6.07, 6.45) is 0. The molecule has 0 saturated heterocycles. The Morgan fingerprint density at radius 2 is 1.35 bits per heavy atom. The largest absolute Gasteiger partial charge is 0.489 e. The normalized spacial score (nSPS) is 14.5. The standard InChI is InChI=1S/C23H19BO2/c1-23(2)19-10-6-5-9-16(19)22-18-12-15-8-4-3-7-14(15)11-17(18)21(24(25)26)13-20(22)23/h3-13,25-26H,1-2H3. The molecule has 0 saturated carbocycles. The molecule has 1 aliphatic carbocycles. The summed E-state index contributed by atoms with van der Waals surface area (Å²) in [7, 11) is -1.50. The second-order valence-electron chi connectivity index (χ2n) is 7.68. The molecule has 0 atom stereocenters. The average Bonchev–Trinajstić information content (AvgIpc) is 2.87. The molecule has 0 aromatic heterocycles. The van der Waals surface area contributed by atoms with Gasteiger partial charge in [0.2, 0.25) is 0 Å². The highest BCUT2D eigenvalue weighted by Gasteiger charge is 2.37. The highest BCUT2D eigenvalue weighted by atomic mass is 16.4. The van der Waals surface area contributed by atoms with Crippen molar-refractivity contribution < 1.29 is 10.0 Å². The highest BCUT2D eigenvalue weighted by Crippen LogP contribution is 2.51. The third-order valence-corrected chi connectivity index (χ3v) is 5.86. The van der Waals surface area contributed by atoms with Gasteiger partial charge in [0.25, 0.3) is 0 Å². The van der Waals surface area contributed by atoms with E-state index in [0.29, 0.717) is 5.46 Å².